The van der Waals surface area contributed by atoms with Gasteiger partial charge in [-0.2, -0.15) is 0 Å². The number of hydrogen-bond acceptors (Lipinski definition) is 4. The molecule has 0 aliphatic carbocycles. The van der Waals surface area contributed by atoms with E-state index in [4.69, 9.17) is 10.7 Å². The highest BCUT2D eigenvalue weighted by Crippen LogP contribution is 2.13. The van der Waals surface area contributed by atoms with Gasteiger partial charge in [0, 0.05) is 43.4 Å². The van der Waals surface area contributed by atoms with Gasteiger partial charge in [-0.05, 0) is 18.2 Å². The van der Waals surface area contributed by atoms with E-state index in [1.165, 1.54) is 5.56 Å². The molecule has 0 spiro atoms. The molecule has 0 N–H and O–H groups in total. The Hall–Kier alpha value is -0.620. The number of hydrogen-bond donors (Lipinski definition) is 0. The largest absolute Gasteiger partial charge is 0.304 e. The zero-order valence-corrected chi connectivity index (χ0v) is 12.6. The minimum atomic E-state index is -3.47. The maximum absolute atomic E-state index is 11.0. The van der Waals surface area contributed by atoms with E-state index in [9.17, 15) is 8.42 Å². The Morgan fingerprint density at radius 3 is 2.11 bits per heavy atom. The van der Waals surface area contributed by atoms with Gasteiger partial charge in [-0.15, -0.1) is 0 Å². The predicted octanol–water partition coefficient (Wildman–Crippen LogP) is 1.50. The summed E-state index contributed by atoms with van der Waals surface area (Å²) in [7, 11) is 3.91. The van der Waals surface area contributed by atoms with Crippen molar-refractivity contribution in [2.24, 2.45) is 0 Å². The number of benzene rings is 1. The number of likely N-dealkylation sites (N-methyl/N-ethyl adjacent to an activating group) is 1. The molecule has 0 atom stereocenters. The van der Waals surface area contributed by atoms with Crippen LogP contribution in [0.2, 0.25) is 0 Å². The van der Waals surface area contributed by atoms with Crippen LogP contribution in [-0.2, 0) is 21.3 Å². The maximum Gasteiger partial charge on any atom is 0.236 e. The molecule has 1 aromatic rings. The van der Waals surface area contributed by atoms with Crippen molar-refractivity contribution in [1.82, 2.24) is 9.80 Å². The first-order valence-corrected chi connectivity index (χ1v) is 8.81. The van der Waals surface area contributed by atoms with Gasteiger partial charge < -0.3 is 4.90 Å². The van der Waals surface area contributed by atoms with Crippen molar-refractivity contribution in [2.45, 2.75) is 12.3 Å². The fourth-order valence-electron chi connectivity index (χ4n) is 2.20. The van der Waals surface area contributed by atoms with E-state index in [-0.39, 0.29) is 5.75 Å². The molecule has 1 aliphatic rings. The Morgan fingerprint density at radius 1 is 1.05 bits per heavy atom. The Kier molecular flexibility index (Phi) is 4.84. The summed E-state index contributed by atoms with van der Waals surface area (Å²) in [6.45, 7) is 5.27. The maximum atomic E-state index is 11.0. The van der Waals surface area contributed by atoms with Crippen LogP contribution >= 0.6 is 10.7 Å². The highest BCUT2D eigenvalue weighted by Gasteiger charge is 2.14. The lowest BCUT2D eigenvalue weighted by Gasteiger charge is -2.32. The summed E-state index contributed by atoms with van der Waals surface area (Å²) in [5.74, 6) is -0.108. The first-order chi connectivity index (χ1) is 8.92. The topological polar surface area (TPSA) is 40.6 Å². The van der Waals surface area contributed by atoms with Crippen LogP contribution in [0, 0.1) is 0 Å². The molecule has 0 radical (unpaired) electrons. The van der Waals surface area contributed by atoms with Crippen LogP contribution in [0.4, 0.5) is 0 Å². The third kappa shape index (κ3) is 5.10. The summed E-state index contributed by atoms with van der Waals surface area (Å²) in [4.78, 5) is 4.73. The van der Waals surface area contributed by atoms with Crippen LogP contribution in [0.25, 0.3) is 0 Å². The molecule has 1 heterocycles. The molecule has 1 saturated heterocycles. The van der Waals surface area contributed by atoms with Crippen LogP contribution < -0.4 is 0 Å². The highest BCUT2D eigenvalue weighted by atomic mass is 35.7. The van der Waals surface area contributed by atoms with Crippen molar-refractivity contribution < 1.29 is 8.42 Å². The third-order valence-corrected chi connectivity index (χ3v) is 4.37. The Balaban J connectivity index is 1.92. The predicted molar refractivity (Wildman–Crippen MR) is 77.7 cm³/mol. The molecule has 2 rings (SSSR count). The van der Waals surface area contributed by atoms with Gasteiger partial charge in [-0.25, -0.2) is 8.42 Å². The van der Waals surface area contributed by atoms with Crippen molar-refractivity contribution in [3.05, 3.63) is 35.4 Å². The number of piperazine rings is 1. The molecule has 19 heavy (non-hydrogen) atoms. The van der Waals surface area contributed by atoms with E-state index >= 15 is 0 Å². The SMILES string of the molecule is CN1CCN(Cc2ccc(CS(=O)(=O)Cl)cc2)CC1. The lowest BCUT2D eigenvalue weighted by molar-refractivity contribution is 0.148. The number of halogens is 1. The van der Waals surface area contributed by atoms with Gasteiger partial charge in [0.25, 0.3) is 0 Å². The molecule has 106 valence electrons. The second kappa shape index (κ2) is 6.22. The Labute approximate surface area is 119 Å². The summed E-state index contributed by atoms with van der Waals surface area (Å²) in [6.07, 6.45) is 0. The summed E-state index contributed by atoms with van der Waals surface area (Å²) >= 11 is 0. The first-order valence-electron chi connectivity index (χ1n) is 6.33. The summed E-state index contributed by atoms with van der Waals surface area (Å²) in [6, 6.07) is 7.64. The van der Waals surface area contributed by atoms with E-state index in [1.54, 1.807) is 0 Å². The van der Waals surface area contributed by atoms with E-state index in [0.717, 1.165) is 38.3 Å². The lowest BCUT2D eigenvalue weighted by atomic mass is 10.1. The van der Waals surface area contributed by atoms with E-state index in [1.807, 2.05) is 24.3 Å². The molecule has 0 unspecified atom stereocenters. The number of nitrogens with zero attached hydrogens (tertiary/aromatic N) is 2. The quantitative estimate of drug-likeness (QED) is 0.791. The fourth-order valence-corrected chi connectivity index (χ4v) is 3.17. The summed E-state index contributed by atoms with van der Waals surface area (Å²) in [5.41, 5.74) is 1.94. The summed E-state index contributed by atoms with van der Waals surface area (Å²) in [5, 5.41) is 0. The zero-order chi connectivity index (χ0) is 13.9. The minimum absolute atomic E-state index is 0.108. The molecule has 6 heteroatoms. The van der Waals surface area contributed by atoms with Crippen LogP contribution in [0.5, 0.6) is 0 Å². The minimum Gasteiger partial charge on any atom is -0.304 e. The summed E-state index contributed by atoms with van der Waals surface area (Å²) < 4.78 is 22.0. The third-order valence-electron chi connectivity index (χ3n) is 3.36. The normalized spacial score (nSPS) is 18.6. The van der Waals surface area contributed by atoms with Crippen molar-refractivity contribution >= 4 is 19.7 Å². The molecule has 1 aliphatic heterocycles. The van der Waals surface area contributed by atoms with Gasteiger partial charge in [-0.3, -0.25) is 4.90 Å². The van der Waals surface area contributed by atoms with Gasteiger partial charge >= 0.3 is 0 Å². The van der Waals surface area contributed by atoms with Crippen molar-refractivity contribution in [2.75, 3.05) is 33.2 Å². The molecule has 0 amide bonds. The highest BCUT2D eigenvalue weighted by molar-refractivity contribution is 8.13. The van der Waals surface area contributed by atoms with Crippen molar-refractivity contribution in [3.8, 4) is 0 Å². The Bertz CT molecular complexity index is 508. The molecular formula is C13H19ClN2O2S. The molecule has 0 saturated carbocycles. The van der Waals surface area contributed by atoms with E-state index in [0.29, 0.717) is 0 Å². The van der Waals surface area contributed by atoms with Gasteiger partial charge in [0.1, 0.15) is 0 Å². The van der Waals surface area contributed by atoms with Gasteiger partial charge in [0.15, 0.2) is 0 Å². The molecule has 0 aromatic heterocycles. The molecule has 0 bridgehead atoms. The molecule has 4 nitrogen and oxygen atoms in total. The number of rotatable bonds is 4. The first kappa shape index (κ1) is 14.8. The average Bonchev–Trinajstić information content (AvgIpc) is 2.33. The second-order valence-corrected chi connectivity index (χ2v) is 7.86. The average molecular weight is 303 g/mol. The van der Waals surface area contributed by atoms with Crippen LogP contribution in [0.15, 0.2) is 24.3 Å². The van der Waals surface area contributed by atoms with E-state index < -0.39 is 9.05 Å². The fraction of sp³-hybridized carbons (Fsp3) is 0.538. The van der Waals surface area contributed by atoms with Crippen LogP contribution in [0.1, 0.15) is 11.1 Å². The monoisotopic (exact) mass is 302 g/mol. The second-order valence-electron chi connectivity index (χ2n) is 5.08. The lowest BCUT2D eigenvalue weighted by Crippen LogP contribution is -2.43. The van der Waals surface area contributed by atoms with Gasteiger partial charge in [0.05, 0.1) is 5.75 Å². The van der Waals surface area contributed by atoms with Gasteiger partial charge in [0.2, 0.25) is 9.05 Å². The van der Waals surface area contributed by atoms with Crippen molar-refractivity contribution in [3.63, 3.8) is 0 Å². The molecule has 1 fully saturated rings. The van der Waals surface area contributed by atoms with Gasteiger partial charge in [-0.1, -0.05) is 24.3 Å². The smallest absolute Gasteiger partial charge is 0.236 e. The molecule has 1 aromatic carbocycles. The molecular weight excluding hydrogens is 284 g/mol. The standard InChI is InChI=1S/C13H19ClN2O2S/c1-15-6-8-16(9-7-15)10-12-2-4-13(5-3-12)11-19(14,17)18/h2-5H,6-11H2,1H3. The van der Waals surface area contributed by atoms with Crippen LogP contribution in [0.3, 0.4) is 0 Å². The zero-order valence-electron chi connectivity index (χ0n) is 11.0. The van der Waals surface area contributed by atoms with Crippen molar-refractivity contribution in [1.29, 1.82) is 0 Å². The van der Waals surface area contributed by atoms with E-state index in [2.05, 4.69) is 16.8 Å². The Morgan fingerprint density at radius 2 is 1.58 bits per heavy atom. The van der Waals surface area contributed by atoms with Crippen LogP contribution in [-0.4, -0.2) is 51.4 Å².